The molecule has 22 heavy (non-hydrogen) atoms. The molecule has 0 saturated carbocycles. The number of amides is 1. The summed E-state index contributed by atoms with van der Waals surface area (Å²) in [5.41, 5.74) is 0.750. The number of nitrogens with one attached hydrogen (secondary N) is 2. The van der Waals surface area contributed by atoms with Crippen LogP contribution in [0.4, 0.5) is 0 Å². The molecule has 122 valence electrons. The molecule has 2 N–H and O–H groups in total. The van der Waals surface area contributed by atoms with Crippen LogP contribution in [0.1, 0.15) is 18.9 Å². The topological polar surface area (TPSA) is 84.5 Å². The summed E-state index contributed by atoms with van der Waals surface area (Å²) in [5.74, 6) is -0.191. The predicted octanol–water partition coefficient (Wildman–Crippen LogP) is 1.15. The van der Waals surface area contributed by atoms with Crippen LogP contribution in [0.5, 0.6) is 0 Å². The van der Waals surface area contributed by atoms with Crippen molar-refractivity contribution < 1.29 is 17.9 Å². The molecule has 1 amide bonds. The predicted molar refractivity (Wildman–Crippen MR) is 85.8 cm³/mol. The third kappa shape index (κ3) is 6.38. The van der Waals surface area contributed by atoms with Crippen molar-refractivity contribution in [1.82, 2.24) is 10.0 Å². The Bertz CT molecular complexity index is 594. The number of ether oxygens (including phenoxy) is 1. The van der Waals surface area contributed by atoms with E-state index in [0.29, 0.717) is 19.8 Å². The van der Waals surface area contributed by atoms with Gasteiger partial charge in [-0.1, -0.05) is 12.1 Å². The summed E-state index contributed by atoms with van der Waals surface area (Å²) in [6.07, 6.45) is 3.82. The molecular weight excluding hydrogens is 304 g/mol. The summed E-state index contributed by atoms with van der Waals surface area (Å²) < 4.78 is 30.5. The van der Waals surface area contributed by atoms with Crippen molar-refractivity contribution in [3.05, 3.63) is 35.9 Å². The third-order valence-electron chi connectivity index (χ3n) is 2.86. The minimum absolute atomic E-state index is 0.188. The zero-order chi connectivity index (χ0) is 16.4. The number of hydrogen-bond donors (Lipinski definition) is 2. The van der Waals surface area contributed by atoms with Crippen molar-refractivity contribution in [3.8, 4) is 0 Å². The third-order valence-corrected chi connectivity index (χ3v) is 4.29. The average molecular weight is 326 g/mol. The van der Waals surface area contributed by atoms with Crippen LogP contribution in [0.15, 0.2) is 35.2 Å². The van der Waals surface area contributed by atoms with E-state index < -0.39 is 10.0 Å². The van der Waals surface area contributed by atoms with Crippen LogP contribution in [-0.2, 0) is 19.6 Å². The Morgan fingerprint density at radius 1 is 1.27 bits per heavy atom. The van der Waals surface area contributed by atoms with Gasteiger partial charge in [-0.15, -0.1) is 0 Å². The first-order valence-electron chi connectivity index (χ1n) is 7.07. The molecule has 1 aromatic rings. The van der Waals surface area contributed by atoms with Crippen LogP contribution in [0, 0.1) is 0 Å². The standard InChI is InChI=1S/C15H22N2O4S/c1-3-21-12-4-11-17-15(18)10-7-13-5-8-14(9-6-13)22(19,20)16-2/h5-10,16H,3-4,11-12H2,1-2H3,(H,17,18)/b10-7+. The monoisotopic (exact) mass is 326 g/mol. The van der Waals surface area contributed by atoms with E-state index in [1.165, 1.54) is 25.3 Å². The van der Waals surface area contributed by atoms with Gasteiger partial charge in [-0.3, -0.25) is 4.79 Å². The Morgan fingerprint density at radius 3 is 2.55 bits per heavy atom. The summed E-state index contributed by atoms with van der Waals surface area (Å²) in [6.45, 7) is 3.78. The normalized spacial score (nSPS) is 11.7. The minimum Gasteiger partial charge on any atom is -0.382 e. The van der Waals surface area contributed by atoms with Gasteiger partial charge in [0.05, 0.1) is 4.90 Å². The van der Waals surface area contributed by atoms with E-state index in [1.807, 2.05) is 6.92 Å². The van der Waals surface area contributed by atoms with Crippen molar-refractivity contribution in [2.24, 2.45) is 0 Å². The summed E-state index contributed by atoms with van der Waals surface area (Å²) >= 11 is 0. The maximum Gasteiger partial charge on any atom is 0.244 e. The van der Waals surface area contributed by atoms with Crippen LogP contribution < -0.4 is 10.0 Å². The van der Waals surface area contributed by atoms with Crippen LogP contribution >= 0.6 is 0 Å². The number of hydrogen-bond acceptors (Lipinski definition) is 4. The van der Waals surface area contributed by atoms with E-state index in [2.05, 4.69) is 10.0 Å². The van der Waals surface area contributed by atoms with E-state index >= 15 is 0 Å². The van der Waals surface area contributed by atoms with Crippen LogP contribution in [0.25, 0.3) is 6.08 Å². The average Bonchev–Trinajstić information content (AvgIpc) is 2.53. The molecule has 1 rings (SSSR count). The molecule has 0 saturated heterocycles. The molecule has 0 radical (unpaired) electrons. The van der Waals surface area contributed by atoms with Gasteiger partial charge >= 0.3 is 0 Å². The van der Waals surface area contributed by atoms with E-state index in [4.69, 9.17) is 4.74 Å². The summed E-state index contributed by atoms with van der Waals surface area (Å²) in [4.78, 5) is 11.8. The lowest BCUT2D eigenvalue weighted by molar-refractivity contribution is -0.116. The smallest absolute Gasteiger partial charge is 0.244 e. The van der Waals surface area contributed by atoms with Crippen LogP contribution in [-0.4, -0.2) is 41.1 Å². The quantitative estimate of drug-likeness (QED) is 0.527. The summed E-state index contributed by atoms with van der Waals surface area (Å²) in [7, 11) is -2.07. The van der Waals surface area contributed by atoms with E-state index in [1.54, 1.807) is 18.2 Å². The largest absolute Gasteiger partial charge is 0.382 e. The fourth-order valence-corrected chi connectivity index (χ4v) is 2.37. The fraction of sp³-hybridized carbons (Fsp3) is 0.400. The molecule has 0 aliphatic carbocycles. The number of carbonyl (C=O) groups excluding carboxylic acids is 1. The van der Waals surface area contributed by atoms with E-state index in [0.717, 1.165) is 12.0 Å². The molecule has 0 spiro atoms. The van der Waals surface area contributed by atoms with Crippen molar-refractivity contribution >= 4 is 22.0 Å². The molecule has 0 bridgehead atoms. The lowest BCUT2D eigenvalue weighted by Crippen LogP contribution is -2.23. The maximum atomic E-state index is 11.6. The zero-order valence-electron chi connectivity index (χ0n) is 12.8. The van der Waals surface area contributed by atoms with Crippen molar-refractivity contribution in [2.45, 2.75) is 18.2 Å². The number of carbonyl (C=O) groups is 1. The second-order valence-corrected chi connectivity index (χ2v) is 6.34. The van der Waals surface area contributed by atoms with Gasteiger partial charge < -0.3 is 10.1 Å². The zero-order valence-corrected chi connectivity index (χ0v) is 13.7. The van der Waals surface area contributed by atoms with Crippen molar-refractivity contribution in [1.29, 1.82) is 0 Å². The molecule has 0 fully saturated rings. The molecule has 0 aliphatic heterocycles. The van der Waals surface area contributed by atoms with E-state index in [9.17, 15) is 13.2 Å². The number of rotatable bonds is 9. The molecule has 7 heteroatoms. The second kappa shape index (κ2) is 9.34. The minimum atomic E-state index is -3.43. The van der Waals surface area contributed by atoms with Gasteiger partial charge in [0.25, 0.3) is 0 Å². The lowest BCUT2D eigenvalue weighted by atomic mass is 10.2. The molecular formula is C15H22N2O4S. The van der Waals surface area contributed by atoms with Gasteiger partial charge in [-0.2, -0.15) is 0 Å². The lowest BCUT2D eigenvalue weighted by Gasteiger charge is -2.03. The van der Waals surface area contributed by atoms with Gasteiger partial charge in [-0.05, 0) is 44.2 Å². The Morgan fingerprint density at radius 2 is 1.95 bits per heavy atom. The highest BCUT2D eigenvalue weighted by Crippen LogP contribution is 2.11. The molecule has 1 aromatic carbocycles. The Hall–Kier alpha value is -1.70. The van der Waals surface area contributed by atoms with Gasteiger partial charge in [0.15, 0.2) is 0 Å². The molecule has 0 heterocycles. The van der Waals surface area contributed by atoms with Gasteiger partial charge in [0.2, 0.25) is 15.9 Å². The SMILES string of the molecule is CCOCCCNC(=O)/C=C/c1ccc(S(=O)(=O)NC)cc1. The number of benzene rings is 1. The van der Waals surface area contributed by atoms with Gasteiger partial charge in [-0.25, -0.2) is 13.1 Å². The molecule has 0 atom stereocenters. The molecule has 0 aromatic heterocycles. The molecule has 0 aliphatic rings. The number of sulfonamides is 1. The summed E-state index contributed by atoms with van der Waals surface area (Å²) in [5, 5.41) is 2.74. The fourth-order valence-electron chi connectivity index (χ4n) is 1.64. The molecule has 0 unspecified atom stereocenters. The maximum absolute atomic E-state index is 11.6. The Kier molecular flexibility index (Phi) is 7.79. The van der Waals surface area contributed by atoms with E-state index in [-0.39, 0.29) is 10.8 Å². The van der Waals surface area contributed by atoms with Crippen molar-refractivity contribution in [3.63, 3.8) is 0 Å². The van der Waals surface area contributed by atoms with Crippen LogP contribution in [0.3, 0.4) is 0 Å². The first kappa shape index (κ1) is 18.3. The highest BCUT2D eigenvalue weighted by atomic mass is 32.2. The Labute approximate surface area is 131 Å². The highest BCUT2D eigenvalue weighted by Gasteiger charge is 2.09. The Balaban J connectivity index is 2.48. The molecule has 6 nitrogen and oxygen atoms in total. The highest BCUT2D eigenvalue weighted by molar-refractivity contribution is 7.89. The second-order valence-electron chi connectivity index (χ2n) is 4.45. The van der Waals surface area contributed by atoms with Crippen molar-refractivity contribution in [2.75, 3.05) is 26.8 Å². The van der Waals surface area contributed by atoms with Gasteiger partial charge in [0, 0.05) is 25.8 Å². The summed E-state index contributed by atoms with van der Waals surface area (Å²) in [6, 6.07) is 6.27. The first-order chi connectivity index (χ1) is 10.5. The van der Waals surface area contributed by atoms with Crippen LogP contribution in [0.2, 0.25) is 0 Å². The first-order valence-corrected chi connectivity index (χ1v) is 8.55. The van der Waals surface area contributed by atoms with Gasteiger partial charge in [0.1, 0.15) is 0 Å².